The summed E-state index contributed by atoms with van der Waals surface area (Å²) in [6.07, 6.45) is 5.14. The fraction of sp³-hybridized carbons (Fsp3) is 0.643. The van der Waals surface area contributed by atoms with Crippen LogP contribution in [0.3, 0.4) is 0 Å². The van der Waals surface area contributed by atoms with Crippen LogP contribution < -0.4 is 5.32 Å². The van der Waals surface area contributed by atoms with Gasteiger partial charge < -0.3 is 5.32 Å². The van der Waals surface area contributed by atoms with E-state index in [1.54, 1.807) is 4.31 Å². The molecule has 0 amide bonds. The molecule has 3 rings (SSSR count). The fourth-order valence-corrected chi connectivity index (χ4v) is 4.69. The maximum absolute atomic E-state index is 11.8. The zero-order chi connectivity index (χ0) is 15.0. The Morgan fingerprint density at radius 2 is 2.24 bits per heavy atom. The van der Waals surface area contributed by atoms with Crippen molar-refractivity contribution in [1.29, 1.82) is 0 Å². The topological polar surface area (TPSA) is 62.3 Å². The van der Waals surface area contributed by atoms with Crippen molar-refractivity contribution in [3.8, 4) is 0 Å². The second-order valence-corrected chi connectivity index (χ2v) is 8.17. The van der Waals surface area contributed by atoms with Crippen LogP contribution in [0, 0.1) is 0 Å². The highest BCUT2D eigenvalue weighted by Crippen LogP contribution is 2.31. The zero-order valence-electron chi connectivity index (χ0n) is 12.0. The minimum atomic E-state index is -3.11. The molecule has 2 atom stereocenters. The Morgan fingerprint density at radius 1 is 1.43 bits per heavy atom. The normalized spacial score (nSPS) is 26.2. The number of fused-ring (bicyclic) bond motifs is 1. The highest BCUT2D eigenvalue weighted by Gasteiger charge is 2.32. The Labute approximate surface area is 130 Å². The van der Waals surface area contributed by atoms with Gasteiger partial charge in [0.1, 0.15) is 5.15 Å². The van der Waals surface area contributed by atoms with E-state index in [9.17, 15) is 8.42 Å². The maximum Gasteiger partial charge on any atom is 0.211 e. The average Bonchev–Trinajstić information content (AvgIpc) is 3.01. The summed E-state index contributed by atoms with van der Waals surface area (Å²) in [6.45, 7) is 1.31. The summed E-state index contributed by atoms with van der Waals surface area (Å²) in [6, 6.07) is 4.10. The molecule has 2 heterocycles. The average molecular weight is 330 g/mol. The SMILES string of the molecule is CS(=O)(=O)N1CCC[C@@H]1CNC1CCc2ccc(Cl)nc21. The van der Waals surface area contributed by atoms with Crippen molar-refractivity contribution in [2.24, 2.45) is 0 Å². The lowest BCUT2D eigenvalue weighted by Gasteiger charge is -2.24. The van der Waals surface area contributed by atoms with Gasteiger partial charge in [-0.15, -0.1) is 0 Å². The van der Waals surface area contributed by atoms with Crippen LogP contribution in [-0.2, 0) is 16.4 Å². The van der Waals surface area contributed by atoms with E-state index in [2.05, 4.69) is 10.3 Å². The number of hydrogen-bond donors (Lipinski definition) is 1. The van der Waals surface area contributed by atoms with Gasteiger partial charge in [0.05, 0.1) is 18.0 Å². The number of hydrogen-bond acceptors (Lipinski definition) is 4. The minimum absolute atomic E-state index is 0.0586. The lowest BCUT2D eigenvalue weighted by Crippen LogP contribution is -2.41. The number of nitrogens with one attached hydrogen (secondary N) is 1. The quantitative estimate of drug-likeness (QED) is 0.855. The fourth-order valence-electron chi connectivity index (χ4n) is 3.36. The molecule has 5 nitrogen and oxygen atoms in total. The molecule has 0 saturated carbocycles. The van der Waals surface area contributed by atoms with E-state index in [0.717, 1.165) is 31.4 Å². The van der Waals surface area contributed by atoms with Crippen LogP contribution in [0.2, 0.25) is 5.15 Å². The lowest BCUT2D eigenvalue weighted by atomic mass is 10.2. The number of aryl methyl sites for hydroxylation is 1. The number of nitrogens with zero attached hydrogens (tertiary/aromatic N) is 2. The van der Waals surface area contributed by atoms with Crippen LogP contribution in [0.25, 0.3) is 0 Å². The van der Waals surface area contributed by atoms with E-state index in [4.69, 9.17) is 11.6 Å². The molecule has 1 aliphatic heterocycles. The van der Waals surface area contributed by atoms with Crippen LogP contribution in [0.15, 0.2) is 12.1 Å². The summed E-state index contributed by atoms with van der Waals surface area (Å²) in [7, 11) is -3.11. The summed E-state index contributed by atoms with van der Waals surface area (Å²) in [5.74, 6) is 0. The van der Waals surface area contributed by atoms with Gasteiger partial charge >= 0.3 is 0 Å². The summed E-state index contributed by atoms with van der Waals surface area (Å²) in [4.78, 5) is 4.42. The first-order valence-corrected chi connectivity index (χ1v) is 9.53. The smallest absolute Gasteiger partial charge is 0.211 e. The van der Waals surface area contributed by atoms with Gasteiger partial charge in [-0.2, -0.15) is 4.31 Å². The van der Waals surface area contributed by atoms with Gasteiger partial charge in [0.15, 0.2) is 0 Å². The van der Waals surface area contributed by atoms with Gasteiger partial charge in [-0.05, 0) is 37.3 Å². The van der Waals surface area contributed by atoms with Crippen LogP contribution in [0.1, 0.15) is 36.6 Å². The Hall–Kier alpha value is -0.690. The van der Waals surface area contributed by atoms with Crippen LogP contribution >= 0.6 is 11.6 Å². The highest BCUT2D eigenvalue weighted by molar-refractivity contribution is 7.88. The Balaban J connectivity index is 1.66. The molecule has 1 N–H and O–H groups in total. The van der Waals surface area contributed by atoms with E-state index in [1.165, 1.54) is 11.8 Å². The van der Waals surface area contributed by atoms with Crippen LogP contribution in [-0.4, -0.2) is 43.1 Å². The number of halogens is 1. The predicted octanol–water partition coefficient (Wildman–Crippen LogP) is 1.74. The molecule has 1 aromatic rings. The van der Waals surface area contributed by atoms with Crippen LogP contribution in [0.5, 0.6) is 0 Å². The first-order valence-electron chi connectivity index (χ1n) is 7.30. The van der Waals surface area contributed by atoms with Gasteiger partial charge in [0.25, 0.3) is 0 Å². The Bertz CT molecular complexity index is 635. The van der Waals surface area contributed by atoms with Gasteiger partial charge in [-0.25, -0.2) is 13.4 Å². The standard InChI is InChI=1S/C14H20ClN3O2S/c1-21(19,20)18-8-2-3-11(18)9-16-12-6-4-10-5-7-13(15)17-14(10)12/h5,7,11-12,16H,2-4,6,8-9H2,1H3/t11-,12?/m1/s1. The minimum Gasteiger partial charge on any atom is -0.307 e. The van der Waals surface area contributed by atoms with Crippen molar-refractivity contribution in [1.82, 2.24) is 14.6 Å². The second-order valence-electron chi connectivity index (χ2n) is 5.85. The van der Waals surface area contributed by atoms with E-state index in [-0.39, 0.29) is 12.1 Å². The van der Waals surface area contributed by atoms with Gasteiger partial charge in [-0.1, -0.05) is 17.7 Å². The number of pyridine rings is 1. The molecular weight excluding hydrogens is 310 g/mol. The molecule has 0 aromatic carbocycles. The molecule has 0 spiro atoms. The van der Waals surface area contributed by atoms with Gasteiger partial charge in [0.2, 0.25) is 10.0 Å². The number of aromatic nitrogens is 1. The molecule has 21 heavy (non-hydrogen) atoms. The van der Waals surface area contributed by atoms with Crippen LogP contribution in [0.4, 0.5) is 0 Å². The van der Waals surface area contributed by atoms with Gasteiger partial charge in [-0.3, -0.25) is 0 Å². The third-order valence-corrected chi connectivity index (χ3v) is 5.90. The molecule has 1 unspecified atom stereocenters. The van der Waals surface area contributed by atoms with Crippen molar-refractivity contribution in [2.45, 2.75) is 37.8 Å². The molecule has 2 aliphatic rings. The summed E-state index contributed by atoms with van der Waals surface area (Å²) in [5, 5.41) is 4.00. The second kappa shape index (κ2) is 5.83. The summed E-state index contributed by atoms with van der Waals surface area (Å²) >= 11 is 5.97. The van der Waals surface area contributed by atoms with Crippen molar-refractivity contribution >= 4 is 21.6 Å². The largest absolute Gasteiger partial charge is 0.307 e. The van der Waals surface area contributed by atoms with E-state index < -0.39 is 10.0 Å². The van der Waals surface area contributed by atoms with Crippen molar-refractivity contribution in [2.75, 3.05) is 19.3 Å². The summed E-state index contributed by atoms with van der Waals surface area (Å²) in [5.41, 5.74) is 2.26. The zero-order valence-corrected chi connectivity index (χ0v) is 13.6. The molecular formula is C14H20ClN3O2S. The maximum atomic E-state index is 11.8. The lowest BCUT2D eigenvalue weighted by molar-refractivity contribution is 0.357. The van der Waals surface area contributed by atoms with Crippen molar-refractivity contribution < 1.29 is 8.42 Å². The number of rotatable bonds is 4. The van der Waals surface area contributed by atoms with E-state index in [0.29, 0.717) is 18.2 Å². The Morgan fingerprint density at radius 3 is 3.00 bits per heavy atom. The van der Waals surface area contributed by atoms with Crippen molar-refractivity contribution in [3.63, 3.8) is 0 Å². The molecule has 1 aliphatic carbocycles. The first-order chi connectivity index (χ1) is 9.95. The van der Waals surface area contributed by atoms with Gasteiger partial charge in [0, 0.05) is 19.1 Å². The van der Waals surface area contributed by atoms with E-state index >= 15 is 0 Å². The third kappa shape index (κ3) is 3.23. The predicted molar refractivity (Wildman–Crippen MR) is 82.9 cm³/mol. The third-order valence-electron chi connectivity index (χ3n) is 4.36. The monoisotopic (exact) mass is 329 g/mol. The first kappa shape index (κ1) is 15.2. The van der Waals surface area contributed by atoms with E-state index in [1.807, 2.05) is 12.1 Å². The molecule has 0 bridgehead atoms. The molecule has 1 saturated heterocycles. The Kier molecular flexibility index (Phi) is 4.23. The van der Waals surface area contributed by atoms with Crippen molar-refractivity contribution in [3.05, 3.63) is 28.5 Å². The molecule has 1 aromatic heterocycles. The molecule has 0 radical (unpaired) electrons. The molecule has 116 valence electrons. The highest BCUT2D eigenvalue weighted by atomic mass is 35.5. The number of sulfonamides is 1. The molecule has 1 fully saturated rings. The summed E-state index contributed by atoms with van der Waals surface area (Å²) < 4.78 is 25.1. The molecule has 7 heteroatoms.